The molecule has 0 atom stereocenters. The Kier molecular flexibility index (Phi) is 6.83. The molecule has 0 unspecified atom stereocenters. The summed E-state index contributed by atoms with van der Waals surface area (Å²) in [4.78, 5) is 12.9. The van der Waals surface area contributed by atoms with Gasteiger partial charge in [-0.25, -0.2) is 13.8 Å². The van der Waals surface area contributed by atoms with Crippen molar-refractivity contribution in [3.05, 3.63) is 83.4 Å². The third-order valence-corrected chi connectivity index (χ3v) is 6.89. The number of fused-ring (bicyclic) bond motifs is 1. The van der Waals surface area contributed by atoms with Crippen LogP contribution in [0.1, 0.15) is 16.7 Å². The van der Waals surface area contributed by atoms with Gasteiger partial charge in [0.2, 0.25) is 0 Å². The normalized spacial score (nSPS) is 13.0. The Morgan fingerprint density at radius 3 is 2.44 bits per heavy atom. The summed E-state index contributed by atoms with van der Waals surface area (Å²) < 4.78 is 39.1. The lowest BCUT2D eigenvalue weighted by Gasteiger charge is -2.24. The van der Waals surface area contributed by atoms with Gasteiger partial charge in [-0.15, -0.1) is 0 Å². The van der Waals surface area contributed by atoms with Crippen LogP contribution in [0.25, 0.3) is 0 Å². The Morgan fingerprint density at radius 2 is 1.71 bits per heavy atom. The van der Waals surface area contributed by atoms with E-state index >= 15 is 0 Å². The molecule has 4 rings (SSSR count). The highest BCUT2D eigenvalue weighted by atomic mass is 32.2. The fourth-order valence-electron chi connectivity index (χ4n) is 3.67. The molecule has 1 aliphatic rings. The number of carbonyl (C=O) groups is 1. The zero-order valence-electron chi connectivity index (χ0n) is 18.9. The van der Waals surface area contributed by atoms with Gasteiger partial charge in [0, 0.05) is 5.56 Å². The highest BCUT2D eigenvalue weighted by molar-refractivity contribution is 7.92. The lowest BCUT2D eigenvalue weighted by Crippen LogP contribution is -2.39. The van der Waals surface area contributed by atoms with Gasteiger partial charge in [-0.2, -0.15) is 5.10 Å². The summed E-state index contributed by atoms with van der Waals surface area (Å²) in [6.07, 6.45) is 1.44. The first-order valence-electron chi connectivity index (χ1n) is 10.7. The quantitative estimate of drug-likeness (QED) is 0.414. The van der Waals surface area contributed by atoms with Crippen LogP contribution in [0.2, 0.25) is 0 Å². The number of nitrogens with zero attached hydrogens (tertiary/aromatic N) is 2. The molecular weight excluding hydrogens is 454 g/mol. The monoisotopic (exact) mass is 479 g/mol. The van der Waals surface area contributed by atoms with E-state index in [0.717, 1.165) is 15.4 Å². The second-order valence-corrected chi connectivity index (χ2v) is 9.70. The molecule has 8 nitrogen and oxygen atoms in total. The van der Waals surface area contributed by atoms with E-state index in [2.05, 4.69) is 10.5 Å². The van der Waals surface area contributed by atoms with E-state index in [4.69, 9.17) is 9.47 Å². The number of nitrogens with one attached hydrogen (secondary N) is 1. The Balaban J connectivity index is 1.57. The van der Waals surface area contributed by atoms with E-state index in [1.165, 1.54) is 18.3 Å². The molecule has 1 heterocycles. The van der Waals surface area contributed by atoms with E-state index < -0.39 is 22.5 Å². The smallest absolute Gasteiger partial charge is 0.264 e. The molecule has 1 aliphatic heterocycles. The molecule has 0 aliphatic carbocycles. The van der Waals surface area contributed by atoms with Gasteiger partial charge in [-0.1, -0.05) is 30.3 Å². The third kappa shape index (κ3) is 5.20. The predicted octanol–water partition coefficient (Wildman–Crippen LogP) is 3.42. The van der Waals surface area contributed by atoms with Crippen LogP contribution >= 0.6 is 0 Å². The number of carbonyl (C=O) groups excluding carboxylic acids is 1. The van der Waals surface area contributed by atoms with Crippen molar-refractivity contribution >= 4 is 27.8 Å². The van der Waals surface area contributed by atoms with Crippen LogP contribution in [0, 0.1) is 13.8 Å². The number of amides is 1. The summed E-state index contributed by atoms with van der Waals surface area (Å²) >= 11 is 0. The lowest BCUT2D eigenvalue weighted by molar-refractivity contribution is -0.119. The van der Waals surface area contributed by atoms with Crippen LogP contribution in [-0.4, -0.2) is 40.3 Å². The summed E-state index contributed by atoms with van der Waals surface area (Å²) in [5.41, 5.74) is 5.24. The lowest BCUT2D eigenvalue weighted by atomic mass is 10.1. The van der Waals surface area contributed by atoms with Gasteiger partial charge in [0.05, 0.1) is 16.8 Å². The predicted molar refractivity (Wildman–Crippen MR) is 130 cm³/mol. The van der Waals surface area contributed by atoms with Gasteiger partial charge >= 0.3 is 0 Å². The summed E-state index contributed by atoms with van der Waals surface area (Å²) in [5, 5.41) is 4.00. The third-order valence-electron chi connectivity index (χ3n) is 5.10. The number of para-hydroxylation sites is 1. The Labute approximate surface area is 198 Å². The van der Waals surface area contributed by atoms with E-state index in [-0.39, 0.29) is 4.90 Å². The maximum atomic E-state index is 13.4. The zero-order chi connectivity index (χ0) is 24.1. The first-order valence-corrected chi connectivity index (χ1v) is 12.2. The minimum atomic E-state index is -3.99. The Bertz CT molecular complexity index is 1300. The van der Waals surface area contributed by atoms with Crippen molar-refractivity contribution in [1.82, 2.24) is 5.43 Å². The van der Waals surface area contributed by atoms with Crippen LogP contribution in [0.5, 0.6) is 11.5 Å². The topological polar surface area (TPSA) is 97.3 Å². The number of aryl methyl sites for hydroxylation is 2. The fraction of sp³-hybridized carbons (Fsp3) is 0.200. The van der Waals surface area contributed by atoms with E-state index in [9.17, 15) is 13.2 Å². The molecule has 3 aromatic carbocycles. The maximum absolute atomic E-state index is 13.4. The van der Waals surface area contributed by atoms with Gasteiger partial charge in [0.1, 0.15) is 19.8 Å². The van der Waals surface area contributed by atoms with Gasteiger partial charge < -0.3 is 9.47 Å². The number of hydrazone groups is 1. The molecule has 0 aromatic heterocycles. The van der Waals surface area contributed by atoms with Gasteiger partial charge in [0.25, 0.3) is 15.9 Å². The highest BCUT2D eigenvalue weighted by Crippen LogP contribution is 2.32. The second kappa shape index (κ2) is 9.96. The molecule has 0 saturated carbocycles. The number of hydrogen-bond acceptors (Lipinski definition) is 6. The maximum Gasteiger partial charge on any atom is 0.264 e. The number of sulfonamides is 1. The molecule has 0 fully saturated rings. The first-order chi connectivity index (χ1) is 16.3. The minimum Gasteiger partial charge on any atom is -0.486 e. The van der Waals surface area contributed by atoms with Crippen molar-refractivity contribution in [2.45, 2.75) is 18.7 Å². The Hall–Kier alpha value is -3.85. The average Bonchev–Trinajstić information content (AvgIpc) is 2.82. The van der Waals surface area contributed by atoms with Gasteiger partial charge in [-0.3, -0.25) is 9.10 Å². The van der Waals surface area contributed by atoms with E-state index in [1.54, 1.807) is 48.5 Å². The number of ether oxygens (including phenoxy) is 2. The SMILES string of the molecule is Cc1cc(C)cc(N(CC(=O)N/N=C/c2cccc3c2OCCO3)S(=O)(=O)c2ccccc2)c1. The number of hydrogen-bond donors (Lipinski definition) is 1. The molecule has 9 heteroatoms. The van der Waals surface area contributed by atoms with Crippen molar-refractivity contribution in [2.24, 2.45) is 5.10 Å². The van der Waals surface area contributed by atoms with E-state index in [0.29, 0.717) is 36.0 Å². The van der Waals surface area contributed by atoms with Crippen LogP contribution < -0.4 is 19.2 Å². The van der Waals surface area contributed by atoms with Crippen LogP contribution in [-0.2, 0) is 14.8 Å². The van der Waals surface area contributed by atoms with Crippen LogP contribution in [0.3, 0.4) is 0 Å². The molecular formula is C25H25N3O5S. The molecule has 34 heavy (non-hydrogen) atoms. The molecule has 0 bridgehead atoms. The van der Waals surface area contributed by atoms with Gasteiger partial charge in [0.15, 0.2) is 11.5 Å². The van der Waals surface area contributed by atoms with E-state index in [1.807, 2.05) is 19.9 Å². The summed E-state index contributed by atoms with van der Waals surface area (Å²) in [7, 11) is -3.99. The standard InChI is InChI=1S/C25H25N3O5S/c1-18-13-19(2)15-21(14-18)28(34(30,31)22-8-4-3-5-9-22)17-24(29)27-26-16-20-7-6-10-23-25(20)33-12-11-32-23/h3-10,13-16H,11-12,17H2,1-2H3,(H,27,29)/b26-16+. The number of rotatable bonds is 7. The Morgan fingerprint density at radius 1 is 1.00 bits per heavy atom. The average molecular weight is 480 g/mol. The fourth-order valence-corrected chi connectivity index (χ4v) is 5.09. The molecule has 0 saturated heterocycles. The van der Waals surface area contributed by atoms with Crippen molar-refractivity contribution in [1.29, 1.82) is 0 Å². The van der Waals surface area contributed by atoms with Crippen LogP contribution in [0.4, 0.5) is 5.69 Å². The van der Waals surface area contributed by atoms with Crippen molar-refractivity contribution < 1.29 is 22.7 Å². The summed E-state index contributed by atoms with van der Waals surface area (Å²) in [5.74, 6) is 0.573. The van der Waals surface area contributed by atoms with Crippen molar-refractivity contribution in [3.63, 3.8) is 0 Å². The molecule has 0 spiro atoms. The largest absolute Gasteiger partial charge is 0.486 e. The van der Waals surface area contributed by atoms with Gasteiger partial charge in [-0.05, 0) is 61.4 Å². The van der Waals surface area contributed by atoms with Crippen molar-refractivity contribution in [2.75, 3.05) is 24.1 Å². The molecule has 176 valence electrons. The highest BCUT2D eigenvalue weighted by Gasteiger charge is 2.27. The number of benzene rings is 3. The second-order valence-electron chi connectivity index (χ2n) is 7.84. The molecule has 1 amide bonds. The van der Waals surface area contributed by atoms with Crippen LogP contribution in [0.15, 0.2) is 76.7 Å². The number of anilines is 1. The molecule has 3 aromatic rings. The summed E-state index contributed by atoms with van der Waals surface area (Å²) in [6.45, 7) is 4.20. The minimum absolute atomic E-state index is 0.0959. The summed E-state index contributed by atoms with van der Waals surface area (Å²) in [6, 6.07) is 18.8. The van der Waals surface area contributed by atoms with Crippen molar-refractivity contribution in [3.8, 4) is 11.5 Å². The zero-order valence-corrected chi connectivity index (χ0v) is 19.7. The molecule has 0 radical (unpaired) electrons. The first kappa shape index (κ1) is 23.3. The molecule has 1 N–H and O–H groups in total.